The van der Waals surface area contributed by atoms with Gasteiger partial charge in [-0.2, -0.15) is 26.3 Å². The van der Waals surface area contributed by atoms with E-state index < -0.39 is 24.3 Å². The van der Waals surface area contributed by atoms with Crippen molar-refractivity contribution in [2.24, 2.45) is 0 Å². The van der Waals surface area contributed by atoms with Crippen LogP contribution in [0.2, 0.25) is 0 Å². The molecule has 2 aromatic rings. The van der Waals surface area contributed by atoms with Gasteiger partial charge in [-0.3, -0.25) is 14.7 Å². The number of carbonyl (C=O) groups is 3. The zero-order valence-electron chi connectivity index (χ0n) is 20.0. The van der Waals surface area contributed by atoms with Gasteiger partial charge in [-0.15, -0.1) is 11.3 Å². The van der Waals surface area contributed by atoms with Crippen molar-refractivity contribution in [3.63, 3.8) is 0 Å². The number of likely N-dealkylation sites (tertiary alicyclic amines) is 2. The molecule has 0 radical (unpaired) electrons. The Labute approximate surface area is 217 Å². The van der Waals surface area contributed by atoms with Gasteiger partial charge >= 0.3 is 24.3 Å². The lowest BCUT2D eigenvalue weighted by Gasteiger charge is -2.39. The SMILES string of the molecule is Cc1ccc(CN2CC[C@@H]3[C@H]2CCC(=O)N3Cc2cccnc2)s1.O=C(O)C(F)(F)F.O=C(O)C(F)(F)F. The summed E-state index contributed by atoms with van der Waals surface area (Å²) in [6.45, 7) is 4.97. The van der Waals surface area contributed by atoms with Crippen LogP contribution in [0.15, 0.2) is 36.7 Å². The van der Waals surface area contributed by atoms with Gasteiger partial charge < -0.3 is 15.1 Å². The molecule has 4 heterocycles. The number of rotatable bonds is 4. The number of piperidine rings is 1. The molecule has 2 aromatic heterocycles. The van der Waals surface area contributed by atoms with Crippen LogP contribution in [0.25, 0.3) is 0 Å². The molecule has 0 aromatic carbocycles. The molecule has 1 amide bonds. The number of pyridine rings is 1. The first-order chi connectivity index (χ1) is 17.6. The lowest BCUT2D eigenvalue weighted by Crippen LogP contribution is -2.51. The number of hydrogen-bond donors (Lipinski definition) is 2. The molecule has 0 aliphatic carbocycles. The van der Waals surface area contributed by atoms with Crippen LogP contribution in [-0.2, 0) is 27.5 Å². The molecule has 2 N–H and O–H groups in total. The van der Waals surface area contributed by atoms with E-state index >= 15 is 0 Å². The molecule has 2 fully saturated rings. The Kier molecular flexibility index (Phi) is 10.6. The van der Waals surface area contributed by atoms with Crippen LogP contribution in [0.1, 0.15) is 34.6 Å². The predicted molar refractivity (Wildman–Crippen MR) is 123 cm³/mol. The average Bonchev–Trinajstić information content (AvgIpc) is 3.42. The third-order valence-electron chi connectivity index (χ3n) is 5.72. The fourth-order valence-electron chi connectivity index (χ4n) is 4.10. The standard InChI is InChI=1S/C19H23N3OS.2C2HF3O2/c1-14-4-5-16(24-14)13-21-10-8-18-17(21)6-7-19(23)22(18)12-15-3-2-9-20-11-15;2*3-2(4,5)1(6)7/h2-5,9,11,17-18H,6-8,10,12-13H2,1H3;2*(H,6,7)/t17-,18-;;/m1../s1. The molecule has 15 heteroatoms. The van der Waals surface area contributed by atoms with Gasteiger partial charge in [-0.05, 0) is 43.5 Å². The van der Waals surface area contributed by atoms with Crippen molar-refractivity contribution in [2.45, 2.75) is 63.7 Å². The molecular weight excluding hydrogens is 544 g/mol. The highest BCUT2D eigenvalue weighted by atomic mass is 32.1. The maximum absolute atomic E-state index is 12.5. The highest BCUT2D eigenvalue weighted by molar-refractivity contribution is 7.11. The van der Waals surface area contributed by atoms with Crippen molar-refractivity contribution in [1.82, 2.24) is 14.8 Å². The van der Waals surface area contributed by atoms with E-state index in [1.54, 1.807) is 6.20 Å². The molecule has 38 heavy (non-hydrogen) atoms. The van der Waals surface area contributed by atoms with E-state index in [0.29, 0.717) is 31.0 Å². The molecule has 0 spiro atoms. The Morgan fingerprint density at radius 3 is 2.08 bits per heavy atom. The van der Waals surface area contributed by atoms with Gasteiger partial charge in [0.15, 0.2) is 0 Å². The Bertz CT molecular complexity index is 1070. The number of carboxylic acids is 2. The summed E-state index contributed by atoms with van der Waals surface area (Å²) in [5.41, 5.74) is 1.12. The van der Waals surface area contributed by atoms with Crippen molar-refractivity contribution in [1.29, 1.82) is 0 Å². The summed E-state index contributed by atoms with van der Waals surface area (Å²) in [7, 11) is 0. The lowest BCUT2D eigenvalue weighted by molar-refractivity contribution is -0.193. The number of thiophene rings is 1. The number of carbonyl (C=O) groups excluding carboxylic acids is 1. The first kappa shape index (κ1) is 31.0. The van der Waals surface area contributed by atoms with Gasteiger partial charge in [0.1, 0.15) is 0 Å². The minimum Gasteiger partial charge on any atom is -0.475 e. The summed E-state index contributed by atoms with van der Waals surface area (Å²) in [4.78, 5) is 42.0. The maximum Gasteiger partial charge on any atom is 0.490 e. The fourth-order valence-corrected chi connectivity index (χ4v) is 5.01. The molecule has 4 rings (SSSR count). The Hall–Kier alpha value is -3.20. The number of amides is 1. The number of alkyl halides is 6. The second kappa shape index (κ2) is 13.0. The molecule has 0 bridgehead atoms. The van der Waals surface area contributed by atoms with Gasteiger partial charge in [-0.1, -0.05) is 6.07 Å². The minimum atomic E-state index is -5.08. The number of nitrogens with zero attached hydrogens (tertiary/aromatic N) is 3. The van der Waals surface area contributed by atoms with E-state index in [9.17, 15) is 31.1 Å². The van der Waals surface area contributed by atoms with Crippen LogP contribution >= 0.6 is 11.3 Å². The van der Waals surface area contributed by atoms with E-state index in [4.69, 9.17) is 19.8 Å². The largest absolute Gasteiger partial charge is 0.490 e. The molecule has 2 aliphatic heterocycles. The summed E-state index contributed by atoms with van der Waals surface area (Å²) in [5, 5.41) is 14.2. The van der Waals surface area contributed by atoms with Crippen molar-refractivity contribution < 1.29 is 50.9 Å². The molecule has 0 unspecified atom stereocenters. The number of hydrogen-bond acceptors (Lipinski definition) is 6. The maximum atomic E-state index is 12.5. The van der Waals surface area contributed by atoms with E-state index in [0.717, 1.165) is 31.5 Å². The quantitative estimate of drug-likeness (QED) is 0.523. The van der Waals surface area contributed by atoms with Crippen LogP contribution in [-0.4, -0.2) is 73.8 Å². The summed E-state index contributed by atoms with van der Waals surface area (Å²) < 4.78 is 63.5. The Balaban J connectivity index is 0.000000301. The van der Waals surface area contributed by atoms with Crippen molar-refractivity contribution in [2.75, 3.05) is 6.54 Å². The van der Waals surface area contributed by atoms with Crippen LogP contribution in [0.3, 0.4) is 0 Å². The number of aryl methyl sites for hydroxylation is 1. The van der Waals surface area contributed by atoms with Gasteiger partial charge in [0.25, 0.3) is 0 Å². The van der Waals surface area contributed by atoms with Crippen LogP contribution in [0.5, 0.6) is 0 Å². The zero-order valence-corrected chi connectivity index (χ0v) is 20.8. The molecule has 8 nitrogen and oxygen atoms in total. The van der Waals surface area contributed by atoms with Gasteiger partial charge in [0, 0.05) is 60.3 Å². The third kappa shape index (κ3) is 9.28. The first-order valence-electron chi connectivity index (χ1n) is 11.2. The lowest BCUT2D eigenvalue weighted by atomic mass is 9.95. The van der Waals surface area contributed by atoms with Crippen LogP contribution < -0.4 is 0 Å². The average molecular weight is 570 g/mol. The smallest absolute Gasteiger partial charge is 0.475 e. The van der Waals surface area contributed by atoms with E-state index in [-0.39, 0.29) is 0 Å². The molecule has 0 saturated carbocycles. The van der Waals surface area contributed by atoms with Crippen molar-refractivity contribution >= 4 is 29.2 Å². The molecule has 2 atom stereocenters. The number of aromatic nitrogens is 1. The highest BCUT2D eigenvalue weighted by Crippen LogP contribution is 2.34. The second-order valence-electron chi connectivity index (χ2n) is 8.43. The fraction of sp³-hybridized carbons (Fsp3) is 0.478. The molecular formula is C23H25F6N3O5S. The van der Waals surface area contributed by atoms with E-state index in [1.165, 1.54) is 9.75 Å². The Morgan fingerprint density at radius 1 is 1.00 bits per heavy atom. The van der Waals surface area contributed by atoms with Gasteiger partial charge in [-0.25, -0.2) is 9.59 Å². The monoisotopic (exact) mass is 569 g/mol. The van der Waals surface area contributed by atoms with Crippen LogP contribution in [0.4, 0.5) is 26.3 Å². The molecule has 2 aliphatic rings. The van der Waals surface area contributed by atoms with E-state index in [2.05, 4.69) is 39.9 Å². The highest BCUT2D eigenvalue weighted by Gasteiger charge is 2.43. The second-order valence-corrected chi connectivity index (χ2v) is 9.81. The van der Waals surface area contributed by atoms with Crippen LogP contribution in [0, 0.1) is 6.92 Å². The summed E-state index contributed by atoms with van der Waals surface area (Å²) in [6.07, 6.45) is -3.76. The number of carboxylic acid groups (broad SMARTS) is 2. The zero-order chi connectivity index (χ0) is 28.7. The molecule has 2 saturated heterocycles. The predicted octanol–water partition coefficient (Wildman–Crippen LogP) is 4.48. The summed E-state index contributed by atoms with van der Waals surface area (Å²) in [6, 6.07) is 9.31. The summed E-state index contributed by atoms with van der Waals surface area (Å²) >= 11 is 1.89. The number of fused-ring (bicyclic) bond motifs is 1. The summed E-state index contributed by atoms with van der Waals surface area (Å²) in [5.74, 6) is -5.21. The normalized spacial score (nSPS) is 19.6. The third-order valence-corrected chi connectivity index (χ3v) is 6.70. The molecule has 210 valence electrons. The van der Waals surface area contributed by atoms with Crippen molar-refractivity contribution in [3.05, 3.63) is 52.0 Å². The Morgan fingerprint density at radius 2 is 1.61 bits per heavy atom. The first-order valence-corrected chi connectivity index (χ1v) is 12.0. The van der Waals surface area contributed by atoms with Gasteiger partial charge in [0.05, 0.1) is 0 Å². The minimum absolute atomic E-state index is 0.300. The van der Waals surface area contributed by atoms with Crippen molar-refractivity contribution in [3.8, 4) is 0 Å². The van der Waals surface area contributed by atoms with Gasteiger partial charge in [0.2, 0.25) is 5.91 Å². The van der Waals surface area contributed by atoms with E-state index in [1.807, 2.05) is 23.6 Å². The number of aliphatic carboxylic acids is 2. The number of halogens is 6. The topological polar surface area (TPSA) is 111 Å².